The third-order valence-electron chi connectivity index (χ3n) is 2.55. The molecule has 0 unspecified atom stereocenters. The summed E-state index contributed by atoms with van der Waals surface area (Å²) in [4.78, 5) is 23.7. The maximum absolute atomic E-state index is 13.5. The minimum Gasteiger partial charge on any atom is -0.480 e. The third-order valence-corrected chi connectivity index (χ3v) is 2.55. The fourth-order valence-corrected chi connectivity index (χ4v) is 1.56. The molecule has 0 radical (unpaired) electrons. The number of halogens is 1. The van der Waals surface area contributed by atoms with E-state index in [1.807, 2.05) is 0 Å². The molecule has 0 aliphatic rings. The molecule has 2 amide bonds. The van der Waals surface area contributed by atoms with Crippen LogP contribution in [0, 0.1) is 12.7 Å². The Hall–Kier alpha value is -2.11. The van der Waals surface area contributed by atoms with Crippen LogP contribution >= 0.6 is 0 Å². The smallest absolute Gasteiger partial charge is 0.323 e. The Bertz CT molecular complexity index is 489. The van der Waals surface area contributed by atoms with Gasteiger partial charge in [-0.3, -0.25) is 4.79 Å². The van der Waals surface area contributed by atoms with E-state index in [2.05, 4.69) is 5.32 Å². The summed E-state index contributed by atoms with van der Waals surface area (Å²) in [6.07, 6.45) is 0. The molecule has 0 aliphatic carbocycles. The number of amides is 2. The van der Waals surface area contributed by atoms with Crippen molar-refractivity contribution in [2.24, 2.45) is 0 Å². The molecule has 0 heterocycles. The topological polar surface area (TPSA) is 69.6 Å². The second-order valence-corrected chi connectivity index (χ2v) is 4.53. The first-order chi connectivity index (χ1) is 8.81. The highest BCUT2D eigenvalue weighted by atomic mass is 19.1. The minimum atomic E-state index is -1.12. The van der Waals surface area contributed by atoms with Crippen LogP contribution in [-0.2, 0) is 4.79 Å². The summed E-state index contributed by atoms with van der Waals surface area (Å²) in [5, 5.41) is 11.1. The number of urea groups is 1. The van der Waals surface area contributed by atoms with Crippen LogP contribution < -0.4 is 5.32 Å². The van der Waals surface area contributed by atoms with E-state index in [0.29, 0.717) is 0 Å². The van der Waals surface area contributed by atoms with Gasteiger partial charge in [-0.15, -0.1) is 0 Å². The fraction of sp³-hybridized carbons (Fsp3) is 0.385. The van der Waals surface area contributed by atoms with Gasteiger partial charge in [-0.1, -0.05) is 6.07 Å². The van der Waals surface area contributed by atoms with Gasteiger partial charge >= 0.3 is 12.0 Å². The van der Waals surface area contributed by atoms with Crippen molar-refractivity contribution in [3.05, 3.63) is 29.6 Å². The van der Waals surface area contributed by atoms with Crippen LogP contribution in [0.25, 0.3) is 0 Å². The van der Waals surface area contributed by atoms with Crippen LogP contribution in [0.1, 0.15) is 19.4 Å². The number of nitrogens with one attached hydrogen (secondary N) is 1. The van der Waals surface area contributed by atoms with Crippen molar-refractivity contribution in [1.29, 1.82) is 0 Å². The lowest BCUT2D eigenvalue weighted by molar-refractivity contribution is -0.137. The van der Waals surface area contributed by atoms with Crippen molar-refractivity contribution in [2.45, 2.75) is 26.8 Å². The number of hydrogen-bond donors (Lipinski definition) is 2. The van der Waals surface area contributed by atoms with E-state index in [-0.39, 0.29) is 11.7 Å². The lowest BCUT2D eigenvalue weighted by Gasteiger charge is -2.25. The predicted octanol–water partition coefficient (Wildman–Crippen LogP) is 2.46. The van der Waals surface area contributed by atoms with Gasteiger partial charge < -0.3 is 15.3 Å². The molecule has 104 valence electrons. The van der Waals surface area contributed by atoms with Crippen LogP contribution in [0.5, 0.6) is 0 Å². The van der Waals surface area contributed by atoms with Gasteiger partial charge in [0.25, 0.3) is 0 Å². The van der Waals surface area contributed by atoms with Gasteiger partial charge in [0.1, 0.15) is 12.4 Å². The van der Waals surface area contributed by atoms with E-state index >= 15 is 0 Å². The number of carbonyl (C=O) groups is 2. The number of hydrogen-bond acceptors (Lipinski definition) is 2. The number of benzene rings is 1. The van der Waals surface area contributed by atoms with Gasteiger partial charge in [-0.05, 0) is 38.5 Å². The van der Waals surface area contributed by atoms with E-state index in [1.54, 1.807) is 26.8 Å². The zero-order chi connectivity index (χ0) is 14.6. The molecule has 6 heteroatoms. The largest absolute Gasteiger partial charge is 0.480 e. The first kappa shape index (κ1) is 14.9. The number of carbonyl (C=O) groups excluding carboxylic acids is 1. The maximum atomic E-state index is 13.5. The van der Waals surface area contributed by atoms with Gasteiger partial charge in [0.15, 0.2) is 0 Å². The predicted molar refractivity (Wildman–Crippen MR) is 69.6 cm³/mol. The Kier molecular flexibility index (Phi) is 4.86. The molecule has 5 nitrogen and oxygen atoms in total. The van der Waals surface area contributed by atoms with Crippen molar-refractivity contribution in [1.82, 2.24) is 4.90 Å². The van der Waals surface area contributed by atoms with E-state index in [4.69, 9.17) is 5.11 Å². The highest BCUT2D eigenvalue weighted by Gasteiger charge is 2.20. The van der Waals surface area contributed by atoms with Gasteiger partial charge in [0.2, 0.25) is 0 Å². The SMILES string of the molecule is Cc1ccc(F)c(NC(=O)N(CC(=O)O)C(C)C)c1. The summed E-state index contributed by atoms with van der Waals surface area (Å²) < 4.78 is 13.5. The monoisotopic (exact) mass is 268 g/mol. The number of aliphatic carboxylic acids is 1. The van der Waals surface area contributed by atoms with Crippen LogP contribution in [0.3, 0.4) is 0 Å². The molecule has 0 spiro atoms. The quantitative estimate of drug-likeness (QED) is 0.881. The van der Waals surface area contributed by atoms with Crippen molar-refractivity contribution in [3.8, 4) is 0 Å². The van der Waals surface area contributed by atoms with Gasteiger partial charge in [-0.2, -0.15) is 0 Å². The van der Waals surface area contributed by atoms with E-state index in [9.17, 15) is 14.0 Å². The Balaban J connectivity index is 2.87. The minimum absolute atomic E-state index is 0.0426. The average molecular weight is 268 g/mol. The van der Waals surface area contributed by atoms with Crippen LogP contribution in [0.2, 0.25) is 0 Å². The zero-order valence-corrected chi connectivity index (χ0v) is 11.1. The van der Waals surface area contributed by atoms with Crippen molar-refractivity contribution in [2.75, 3.05) is 11.9 Å². The molecular formula is C13H17FN2O3. The molecule has 19 heavy (non-hydrogen) atoms. The van der Waals surface area contributed by atoms with E-state index < -0.39 is 24.4 Å². The summed E-state index contributed by atoms with van der Waals surface area (Å²) in [7, 11) is 0. The first-order valence-electron chi connectivity index (χ1n) is 5.87. The molecule has 0 fully saturated rings. The second kappa shape index (κ2) is 6.17. The number of anilines is 1. The molecule has 0 saturated carbocycles. The Morgan fingerprint density at radius 2 is 2.05 bits per heavy atom. The van der Waals surface area contributed by atoms with Crippen molar-refractivity contribution in [3.63, 3.8) is 0 Å². The molecule has 0 aromatic heterocycles. The molecule has 1 aromatic carbocycles. The van der Waals surface area contributed by atoms with Gasteiger partial charge in [0, 0.05) is 6.04 Å². The Morgan fingerprint density at radius 3 is 2.58 bits per heavy atom. The molecule has 1 rings (SSSR count). The van der Waals surface area contributed by atoms with Crippen molar-refractivity contribution < 1.29 is 19.1 Å². The summed E-state index contributed by atoms with van der Waals surface area (Å²) >= 11 is 0. The summed E-state index contributed by atoms with van der Waals surface area (Å²) in [6.45, 7) is 4.72. The van der Waals surface area contributed by atoms with Crippen LogP contribution in [0.15, 0.2) is 18.2 Å². The third kappa shape index (κ3) is 4.24. The number of nitrogens with zero attached hydrogens (tertiary/aromatic N) is 1. The van der Waals surface area contributed by atoms with Gasteiger partial charge in [0.05, 0.1) is 5.69 Å². The molecule has 0 bridgehead atoms. The lowest BCUT2D eigenvalue weighted by atomic mass is 10.2. The first-order valence-corrected chi connectivity index (χ1v) is 5.87. The van der Waals surface area contributed by atoms with Gasteiger partial charge in [-0.25, -0.2) is 9.18 Å². The maximum Gasteiger partial charge on any atom is 0.323 e. The summed E-state index contributed by atoms with van der Waals surface area (Å²) in [6, 6.07) is 3.39. The molecule has 0 atom stereocenters. The Morgan fingerprint density at radius 1 is 1.42 bits per heavy atom. The normalized spacial score (nSPS) is 10.4. The molecular weight excluding hydrogens is 251 g/mol. The van der Waals surface area contributed by atoms with Crippen LogP contribution in [0.4, 0.5) is 14.9 Å². The Labute approximate surface area is 111 Å². The standard InChI is InChI=1S/C13H17FN2O3/c1-8(2)16(7-12(17)18)13(19)15-11-6-9(3)4-5-10(11)14/h4-6,8H,7H2,1-3H3,(H,15,19)(H,17,18). The zero-order valence-electron chi connectivity index (χ0n) is 11.1. The van der Waals surface area contributed by atoms with E-state index in [1.165, 1.54) is 12.1 Å². The number of carboxylic acids is 1. The summed E-state index contributed by atoms with van der Waals surface area (Å²) in [5.74, 6) is -1.67. The second-order valence-electron chi connectivity index (χ2n) is 4.53. The summed E-state index contributed by atoms with van der Waals surface area (Å²) in [5.41, 5.74) is 0.840. The number of carboxylic acid groups (broad SMARTS) is 1. The molecule has 0 aliphatic heterocycles. The molecule has 2 N–H and O–H groups in total. The van der Waals surface area contributed by atoms with E-state index in [0.717, 1.165) is 10.5 Å². The highest BCUT2D eigenvalue weighted by Crippen LogP contribution is 2.16. The fourth-order valence-electron chi connectivity index (χ4n) is 1.56. The van der Waals surface area contributed by atoms with Crippen LogP contribution in [-0.4, -0.2) is 34.6 Å². The average Bonchev–Trinajstić information content (AvgIpc) is 2.30. The molecule has 0 saturated heterocycles. The lowest BCUT2D eigenvalue weighted by Crippen LogP contribution is -2.43. The number of rotatable bonds is 4. The molecule has 1 aromatic rings. The number of aryl methyl sites for hydroxylation is 1. The van der Waals surface area contributed by atoms with Crippen molar-refractivity contribution >= 4 is 17.7 Å². The highest BCUT2D eigenvalue weighted by molar-refractivity contribution is 5.91.